The van der Waals surface area contributed by atoms with E-state index in [1.807, 2.05) is 12.3 Å². The molecule has 0 aromatic carbocycles. The molecule has 0 aliphatic heterocycles. The van der Waals surface area contributed by atoms with Crippen molar-refractivity contribution in [1.82, 2.24) is 4.98 Å². The Morgan fingerprint density at radius 2 is 2.38 bits per heavy atom. The molecule has 0 bridgehead atoms. The van der Waals surface area contributed by atoms with Crippen molar-refractivity contribution in [2.24, 2.45) is 5.73 Å². The topological polar surface area (TPSA) is 38.9 Å². The molecule has 74 valence electrons. The van der Waals surface area contributed by atoms with E-state index in [2.05, 4.69) is 4.98 Å². The van der Waals surface area contributed by atoms with Gasteiger partial charge in [-0.25, -0.2) is 9.37 Å². The van der Waals surface area contributed by atoms with E-state index in [9.17, 15) is 4.39 Å². The molecule has 1 heterocycles. The lowest BCUT2D eigenvalue weighted by Crippen LogP contribution is -2.41. The van der Waals surface area contributed by atoms with Crippen molar-refractivity contribution in [1.29, 1.82) is 0 Å². The molecule has 0 aliphatic carbocycles. The third kappa shape index (κ3) is 2.74. The predicted octanol–water partition coefficient (Wildman–Crippen LogP) is 2.07. The number of halogens is 1. The highest BCUT2D eigenvalue weighted by Crippen LogP contribution is 2.21. The van der Waals surface area contributed by atoms with Crippen LogP contribution in [-0.4, -0.2) is 16.7 Å². The molecule has 1 aromatic heterocycles. The minimum absolute atomic E-state index is 0.301. The van der Waals surface area contributed by atoms with Gasteiger partial charge in [0.15, 0.2) is 0 Å². The predicted molar refractivity (Wildman–Crippen MR) is 53.7 cm³/mol. The van der Waals surface area contributed by atoms with Crippen molar-refractivity contribution in [2.45, 2.75) is 38.9 Å². The first-order valence-electron chi connectivity index (χ1n) is 4.27. The molecule has 2 atom stereocenters. The Balaban J connectivity index is 2.68. The van der Waals surface area contributed by atoms with Crippen LogP contribution in [0.3, 0.4) is 0 Å². The first-order valence-corrected chi connectivity index (χ1v) is 5.15. The molecule has 0 amide bonds. The summed E-state index contributed by atoms with van der Waals surface area (Å²) in [4.78, 5) is 4.20. The summed E-state index contributed by atoms with van der Waals surface area (Å²) < 4.78 is 13.7. The Bertz CT molecular complexity index is 281. The molecule has 1 aromatic rings. The summed E-state index contributed by atoms with van der Waals surface area (Å²) in [6.07, 6.45) is 0.301. The number of nitrogens with two attached hydrogens (primary N) is 1. The largest absolute Gasteiger partial charge is 0.325 e. The van der Waals surface area contributed by atoms with Crippen LogP contribution in [0.4, 0.5) is 4.39 Å². The molecule has 13 heavy (non-hydrogen) atoms. The zero-order valence-electron chi connectivity index (χ0n) is 8.17. The van der Waals surface area contributed by atoms with Crippen LogP contribution in [0.15, 0.2) is 5.38 Å². The summed E-state index contributed by atoms with van der Waals surface area (Å²) in [5, 5.41) is 2.85. The fourth-order valence-corrected chi connectivity index (χ4v) is 1.62. The summed E-state index contributed by atoms with van der Waals surface area (Å²) in [6.45, 7) is 5.11. The minimum atomic E-state index is -1.36. The Hall–Kier alpha value is -0.480. The second kappa shape index (κ2) is 3.72. The first kappa shape index (κ1) is 10.6. The van der Waals surface area contributed by atoms with E-state index in [1.54, 1.807) is 6.92 Å². The number of hydrogen-bond acceptors (Lipinski definition) is 3. The van der Waals surface area contributed by atoms with Gasteiger partial charge < -0.3 is 5.73 Å². The highest BCUT2D eigenvalue weighted by Gasteiger charge is 2.29. The number of nitrogens with zero attached hydrogens (tertiary/aromatic N) is 1. The van der Waals surface area contributed by atoms with Crippen molar-refractivity contribution in [3.05, 3.63) is 16.1 Å². The lowest BCUT2D eigenvalue weighted by molar-refractivity contribution is 0.155. The Morgan fingerprint density at radius 1 is 1.77 bits per heavy atom. The highest BCUT2D eigenvalue weighted by atomic mass is 32.1. The van der Waals surface area contributed by atoms with Crippen LogP contribution in [-0.2, 0) is 6.42 Å². The zero-order valence-corrected chi connectivity index (χ0v) is 8.99. The Labute approximate surface area is 82.0 Å². The SMILES string of the molecule is Cc1nc(CC(C)(F)C(C)N)cs1. The summed E-state index contributed by atoms with van der Waals surface area (Å²) in [7, 11) is 0. The van der Waals surface area contributed by atoms with Crippen molar-refractivity contribution < 1.29 is 4.39 Å². The molecule has 0 radical (unpaired) electrons. The van der Waals surface area contributed by atoms with Crippen molar-refractivity contribution in [3.8, 4) is 0 Å². The summed E-state index contributed by atoms with van der Waals surface area (Å²) in [5.41, 5.74) is 4.96. The molecular weight excluding hydrogens is 187 g/mol. The van der Waals surface area contributed by atoms with Crippen LogP contribution in [0, 0.1) is 6.92 Å². The average molecular weight is 202 g/mol. The molecule has 0 spiro atoms. The molecule has 2 N–H and O–H groups in total. The van der Waals surface area contributed by atoms with E-state index >= 15 is 0 Å². The van der Waals surface area contributed by atoms with E-state index in [0.717, 1.165) is 10.7 Å². The van der Waals surface area contributed by atoms with Gasteiger partial charge in [0, 0.05) is 17.8 Å². The molecular formula is C9H15FN2S. The van der Waals surface area contributed by atoms with Gasteiger partial charge in [-0.3, -0.25) is 0 Å². The number of aryl methyl sites for hydroxylation is 1. The van der Waals surface area contributed by atoms with Crippen molar-refractivity contribution in [3.63, 3.8) is 0 Å². The average Bonchev–Trinajstić information content (AvgIpc) is 2.34. The molecule has 0 saturated heterocycles. The second-order valence-electron chi connectivity index (χ2n) is 3.60. The summed E-state index contributed by atoms with van der Waals surface area (Å²) >= 11 is 1.54. The summed E-state index contributed by atoms with van der Waals surface area (Å²) in [5.74, 6) is 0. The van der Waals surface area contributed by atoms with Gasteiger partial charge in [0.2, 0.25) is 0 Å². The standard InChI is InChI=1S/C9H15FN2S/c1-6(11)9(3,10)4-8-5-13-7(2)12-8/h5-6H,4,11H2,1-3H3. The zero-order chi connectivity index (χ0) is 10.1. The monoisotopic (exact) mass is 202 g/mol. The molecule has 2 nitrogen and oxygen atoms in total. The molecule has 0 fully saturated rings. The summed E-state index contributed by atoms with van der Waals surface area (Å²) in [6, 6.07) is -0.463. The van der Waals surface area contributed by atoms with Crippen LogP contribution in [0.25, 0.3) is 0 Å². The van der Waals surface area contributed by atoms with E-state index in [4.69, 9.17) is 5.73 Å². The van der Waals surface area contributed by atoms with Crippen LogP contribution in [0.2, 0.25) is 0 Å². The number of thiazole rings is 1. The van der Waals surface area contributed by atoms with Gasteiger partial charge >= 0.3 is 0 Å². The highest BCUT2D eigenvalue weighted by molar-refractivity contribution is 7.09. The van der Waals surface area contributed by atoms with Crippen LogP contribution in [0.1, 0.15) is 24.5 Å². The number of hydrogen-bond donors (Lipinski definition) is 1. The number of rotatable bonds is 3. The van der Waals surface area contributed by atoms with Crippen LogP contribution >= 0.6 is 11.3 Å². The van der Waals surface area contributed by atoms with Gasteiger partial charge in [0.1, 0.15) is 5.67 Å². The van der Waals surface area contributed by atoms with E-state index in [0.29, 0.717) is 6.42 Å². The number of aromatic nitrogens is 1. The molecule has 0 saturated carbocycles. The third-order valence-electron chi connectivity index (χ3n) is 2.14. The van der Waals surface area contributed by atoms with Gasteiger partial charge in [-0.05, 0) is 20.8 Å². The third-order valence-corrected chi connectivity index (χ3v) is 2.97. The molecule has 1 rings (SSSR count). The fourth-order valence-electron chi connectivity index (χ4n) is 1.00. The van der Waals surface area contributed by atoms with Gasteiger partial charge in [-0.1, -0.05) is 0 Å². The molecule has 4 heteroatoms. The number of alkyl halides is 1. The Kier molecular flexibility index (Phi) is 3.03. The fraction of sp³-hybridized carbons (Fsp3) is 0.667. The maximum Gasteiger partial charge on any atom is 0.128 e. The van der Waals surface area contributed by atoms with E-state index < -0.39 is 11.7 Å². The van der Waals surface area contributed by atoms with E-state index in [1.165, 1.54) is 18.3 Å². The maximum atomic E-state index is 13.7. The lowest BCUT2D eigenvalue weighted by Gasteiger charge is -2.23. The van der Waals surface area contributed by atoms with E-state index in [-0.39, 0.29) is 0 Å². The van der Waals surface area contributed by atoms with Gasteiger partial charge in [-0.15, -0.1) is 11.3 Å². The van der Waals surface area contributed by atoms with Crippen molar-refractivity contribution in [2.75, 3.05) is 0 Å². The maximum absolute atomic E-state index is 13.7. The molecule has 0 aliphatic rings. The normalized spacial score (nSPS) is 18.2. The minimum Gasteiger partial charge on any atom is -0.325 e. The Morgan fingerprint density at radius 3 is 2.77 bits per heavy atom. The van der Waals surface area contributed by atoms with Crippen LogP contribution < -0.4 is 5.73 Å². The quantitative estimate of drug-likeness (QED) is 0.815. The lowest BCUT2D eigenvalue weighted by atomic mass is 9.95. The van der Waals surface area contributed by atoms with Gasteiger partial charge in [0.25, 0.3) is 0 Å². The van der Waals surface area contributed by atoms with Crippen LogP contribution in [0.5, 0.6) is 0 Å². The van der Waals surface area contributed by atoms with Gasteiger partial charge in [0.05, 0.1) is 10.7 Å². The first-order chi connectivity index (χ1) is 5.92. The van der Waals surface area contributed by atoms with Crippen molar-refractivity contribution >= 4 is 11.3 Å². The molecule has 2 unspecified atom stereocenters. The second-order valence-corrected chi connectivity index (χ2v) is 4.66. The smallest absolute Gasteiger partial charge is 0.128 e. The van der Waals surface area contributed by atoms with Gasteiger partial charge in [-0.2, -0.15) is 0 Å².